The molecule has 0 saturated carbocycles. The molecule has 0 bridgehead atoms. The summed E-state index contributed by atoms with van der Waals surface area (Å²) >= 11 is 0. The van der Waals surface area contributed by atoms with Crippen molar-refractivity contribution in [1.82, 2.24) is 20.2 Å². The Morgan fingerprint density at radius 3 is 2.41 bits per heavy atom. The van der Waals surface area contributed by atoms with E-state index in [-0.39, 0.29) is 18.9 Å². The quantitative estimate of drug-likeness (QED) is 0.374. The number of imidazole rings is 1. The number of carbonyl (C=O) groups is 3. The van der Waals surface area contributed by atoms with Gasteiger partial charge in [0.2, 0.25) is 5.91 Å². The van der Waals surface area contributed by atoms with Gasteiger partial charge in [0.05, 0.1) is 17.6 Å². The highest BCUT2D eigenvalue weighted by Gasteiger charge is 2.30. The molecule has 0 radical (unpaired) electrons. The van der Waals surface area contributed by atoms with Gasteiger partial charge in [0.25, 0.3) is 0 Å². The molecule has 1 aromatic heterocycles. The van der Waals surface area contributed by atoms with Crippen LogP contribution in [0.5, 0.6) is 0 Å². The fraction of sp³-hybridized carbons (Fsp3) is 0.583. The highest BCUT2D eigenvalue weighted by Crippen LogP contribution is 2.19. The van der Waals surface area contributed by atoms with E-state index < -0.39 is 35.7 Å². The molecule has 1 heterocycles. The minimum Gasteiger partial charge on any atom is -0.464 e. The van der Waals surface area contributed by atoms with E-state index in [0.717, 1.165) is 5.52 Å². The van der Waals surface area contributed by atoms with E-state index in [4.69, 9.17) is 15.2 Å². The lowest BCUT2D eigenvalue weighted by molar-refractivity contribution is -0.147. The van der Waals surface area contributed by atoms with Crippen LogP contribution >= 0.6 is 0 Å². The summed E-state index contributed by atoms with van der Waals surface area (Å²) < 4.78 is 12.3. The number of aromatic nitrogens is 2. The van der Waals surface area contributed by atoms with Crippen LogP contribution < -0.4 is 16.4 Å². The summed E-state index contributed by atoms with van der Waals surface area (Å²) in [5.41, 5.74) is 7.28. The minimum absolute atomic E-state index is 0.108. The Morgan fingerprint density at radius 2 is 1.82 bits per heavy atom. The molecule has 2 aromatic rings. The van der Waals surface area contributed by atoms with Crippen LogP contribution in [0.15, 0.2) is 18.2 Å². The molecule has 188 valence electrons. The Bertz CT molecular complexity index is 1020. The van der Waals surface area contributed by atoms with Gasteiger partial charge in [-0.15, -0.1) is 0 Å². The van der Waals surface area contributed by atoms with Crippen molar-refractivity contribution in [3.8, 4) is 0 Å². The lowest BCUT2D eigenvalue weighted by atomic mass is 10.0. The largest absolute Gasteiger partial charge is 0.464 e. The normalized spacial score (nSPS) is 13.4. The Morgan fingerprint density at radius 1 is 1.15 bits per heavy atom. The maximum Gasteiger partial charge on any atom is 0.408 e. The molecule has 2 atom stereocenters. The molecule has 0 aliphatic carbocycles. The van der Waals surface area contributed by atoms with Crippen molar-refractivity contribution >= 4 is 34.7 Å². The number of hydrogen-bond donors (Lipinski definition) is 3. The average Bonchev–Trinajstić information content (AvgIpc) is 2.99. The SMILES string of the molecule is CCOC(=O)[C@H](Cc1nc2cc(N)ccc2n1C)NC(=O)[C@H](CC(C)C)NC(=O)OC(C)(C)C. The fourth-order valence-electron chi connectivity index (χ4n) is 3.49. The maximum absolute atomic E-state index is 13.2. The summed E-state index contributed by atoms with van der Waals surface area (Å²) in [5, 5.41) is 5.37. The Balaban J connectivity index is 2.25. The number of ether oxygens (including phenoxy) is 2. The molecule has 0 spiro atoms. The molecule has 0 saturated heterocycles. The number of nitrogens with one attached hydrogen (secondary N) is 2. The first-order chi connectivity index (χ1) is 15.8. The Hall–Kier alpha value is -3.30. The molecule has 0 aliphatic heterocycles. The predicted molar refractivity (Wildman–Crippen MR) is 130 cm³/mol. The van der Waals surface area contributed by atoms with Gasteiger partial charge in [-0.3, -0.25) is 4.79 Å². The zero-order chi connectivity index (χ0) is 25.6. The van der Waals surface area contributed by atoms with Crippen molar-refractivity contribution in [1.29, 1.82) is 0 Å². The van der Waals surface area contributed by atoms with E-state index >= 15 is 0 Å². The van der Waals surface area contributed by atoms with E-state index in [1.54, 1.807) is 39.8 Å². The second-order valence-electron chi connectivity index (χ2n) is 9.68. The number of nitrogens with zero attached hydrogens (tertiary/aromatic N) is 2. The maximum atomic E-state index is 13.2. The van der Waals surface area contributed by atoms with Gasteiger partial charge >= 0.3 is 12.1 Å². The van der Waals surface area contributed by atoms with Crippen LogP contribution in [0.2, 0.25) is 0 Å². The van der Waals surface area contributed by atoms with Crippen LogP contribution in [0.1, 0.15) is 53.8 Å². The van der Waals surface area contributed by atoms with Gasteiger partial charge in [-0.05, 0) is 58.2 Å². The molecule has 10 heteroatoms. The first kappa shape index (κ1) is 26.9. The number of esters is 1. The Labute approximate surface area is 200 Å². The van der Waals surface area contributed by atoms with Crippen molar-refractivity contribution in [3.05, 3.63) is 24.0 Å². The zero-order valence-electron chi connectivity index (χ0n) is 21.1. The number of fused-ring (bicyclic) bond motifs is 1. The van der Waals surface area contributed by atoms with E-state index in [9.17, 15) is 14.4 Å². The third-order valence-electron chi connectivity index (χ3n) is 4.99. The van der Waals surface area contributed by atoms with Gasteiger partial charge in [-0.1, -0.05) is 13.8 Å². The van der Waals surface area contributed by atoms with Crippen LogP contribution in [0, 0.1) is 5.92 Å². The lowest BCUT2D eigenvalue weighted by Crippen LogP contribution is -2.53. The van der Waals surface area contributed by atoms with Gasteiger partial charge in [0, 0.05) is 19.2 Å². The molecule has 4 N–H and O–H groups in total. The second kappa shape index (κ2) is 11.2. The molecule has 0 fully saturated rings. The van der Waals surface area contributed by atoms with Crippen molar-refractivity contribution in [2.75, 3.05) is 12.3 Å². The van der Waals surface area contributed by atoms with Crippen molar-refractivity contribution < 1.29 is 23.9 Å². The van der Waals surface area contributed by atoms with E-state index in [1.807, 2.05) is 31.5 Å². The predicted octanol–water partition coefficient (Wildman–Crippen LogP) is 2.69. The van der Waals surface area contributed by atoms with Crippen LogP contribution in [0.4, 0.5) is 10.5 Å². The number of nitrogen functional groups attached to an aromatic ring is 1. The number of hydrogen-bond acceptors (Lipinski definition) is 7. The average molecular weight is 476 g/mol. The Kier molecular flexibility index (Phi) is 8.89. The molecule has 2 amide bonds. The topological polar surface area (TPSA) is 138 Å². The standard InChI is InChI=1S/C24H37N5O5/c1-8-33-22(31)18(13-20-26-16-12-15(25)9-10-19(16)29(20)7)27-21(30)17(11-14(2)3)28-23(32)34-24(4,5)6/h9-10,12,14,17-18H,8,11,13,25H2,1-7H3,(H,27,30)(H,28,32)/t17-,18-/m0/s1. The highest BCUT2D eigenvalue weighted by atomic mass is 16.6. The first-order valence-electron chi connectivity index (χ1n) is 11.5. The van der Waals surface area contributed by atoms with Gasteiger partial charge in [0.1, 0.15) is 23.5 Å². The van der Waals surface area contributed by atoms with Gasteiger partial charge in [-0.25, -0.2) is 14.6 Å². The minimum atomic E-state index is -0.990. The number of anilines is 1. The number of aryl methyl sites for hydroxylation is 1. The molecule has 0 unspecified atom stereocenters. The summed E-state index contributed by atoms with van der Waals surface area (Å²) in [6.45, 7) is 11.0. The number of nitrogens with two attached hydrogens (primary N) is 1. The van der Waals surface area contributed by atoms with Crippen molar-refractivity contribution in [2.24, 2.45) is 13.0 Å². The van der Waals surface area contributed by atoms with Gasteiger partial charge < -0.3 is 30.4 Å². The smallest absolute Gasteiger partial charge is 0.408 e. The van der Waals surface area contributed by atoms with Crippen molar-refractivity contribution in [3.63, 3.8) is 0 Å². The molecule has 34 heavy (non-hydrogen) atoms. The molecule has 0 aliphatic rings. The third-order valence-corrected chi connectivity index (χ3v) is 4.99. The summed E-state index contributed by atoms with van der Waals surface area (Å²) in [6, 6.07) is 3.50. The monoisotopic (exact) mass is 475 g/mol. The van der Waals surface area contributed by atoms with Gasteiger partial charge in [-0.2, -0.15) is 0 Å². The number of benzene rings is 1. The number of carbonyl (C=O) groups excluding carboxylic acids is 3. The van der Waals surface area contributed by atoms with E-state index in [0.29, 0.717) is 23.4 Å². The molecule has 1 aromatic carbocycles. The van der Waals surface area contributed by atoms with Crippen LogP contribution in [-0.4, -0.2) is 51.8 Å². The van der Waals surface area contributed by atoms with Crippen LogP contribution in [-0.2, 0) is 32.5 Å². The highest BCUT2D eigenvalue weighted by molar-refractivity contribution is 5.90. The molecular formula is C24H37N5O5. The summed E-state index contributed by atoms with van der Waals surface area (Å²) in [7, 11) is 1.83. The first-order valence-corrected chi connectivity index (χ1v) is 11.5. The lowest BCUT2D eigenvalue weighted by Gasteiger charge is -2.25. The summed E-state index contributed by atoms with van der Waals surface area (Å²) in [5.74, 6) is -0.389. The summed E-state index contributed by atoms with van der Waals surface area (Å²) in [6.07, 6.45) is -0.225. The summed E-state index contributed by atoms with van der Waals surface area (Å²) in [4.78, 5) is 42.8. The van der Waals surface area contributed by atoms with Gasteiger partial charge in [0.15, 0.2) is 0 Å². The van der Waals surface area contributed by atoms with Crippen LogP contribution in [0.25, 0.3) is 11.0 Å². The fourth-order valence-corrected chi connectivity index (χ4v) is 3.49. The van der Waals surface area contributed by atoms with Crippen molar-refractivity contribution in [2.45, 2.75) is 72.1 Å². The number of alkyl carbamates (subject to hydrolysis) is 1. The molecule has 10 nitrogen and oxygen atoms in total. The molecular weight excluding hydrogens is 438 g/mol. The second-order valence-corrected chi connectivity index (χ2v) is 9.68. The molecule has 2 rings (SSSR count). The zero-order valence-corrected chi connectivity index (χ0v) is 21.1. The van der Waals surface area contributed by atoms with E-state index in [2.05, 4.69) is 15.6 Å². The number of amides is 2. The van der Waals surface area contributed by atoms with E-state index in [1.165, 1.54) is 0 Å². The third kappa shape index (κ3) is 7.64. The number of rotatable bonds is 9. The van der Waals surface area contributed by atoms with Crippen LogP contribution in [0.3, 0.4) is 0 Å².